The molecule has 0 aliphatic heterocycles. The number of benzene rings is 2. The molecule has 1 atom stereocenters. The summed E-state index contributed by atoms with van der Waals surface area (Å²) in [6.07, 6.45) is 2.07. The van der Waals surface area contributed by atoms with Crippen molar-refractivity contribution in [2.24, 2.45) is 0 Å². The standard InChI is InChI=1S/C18H20FNO/c19-16-8-6-13(7-9-16)15-10-17(11-15)20-18(12-21)14-4-2-1-3-5-14/h1-9,15,17-18,20-21H,10-12H2/t15?,17?,18-/m1/s1. The summed E-state index contributed by atoms with van der Waals surface area (Å²) >= 11 is 0. The van der Waals surface area contributed by atoms with Crippen molar-refractivity contribution in [3.63, 3.8) is 0 Å². The molecule has 0 spiro atoms. The van der Waals surface area contributed by atoms with Gasteiger partial charge in [-0.2, -0.15) is 0 Å². The zero-order valence-corrected chi connectivity index (χ0v) is 11.9. The molecule has 1 aliphatic rings. The zero-order valence-electron chi connectivity index (χ0n) is 11.9. The molecular weight excluding hydrogens is 265 g/mol. The number of rotatable bonds is 5. The Labute approximate surface area is 124 Å². The van der Waals surface area contributed by atoms with E-state index in [2.05, 4.69) is 5.32 Å². The van der Waals surface area contributed by atoms with Gasteiger partial charge in [0, 0.05) is 6.04 Å². The van der Waals surface area contributed by atoms with Crippen LogP contribution in [0.4, 0.5) is 4.39 Å². The van der Waals surface area contributed by atoms with Gasteiger partial charge in [0.2, 0.25) is 0 Å². The highest BCUT2D eigenvalue weighted by Gasteiger charge is 2.31. The third-order valence-electron chi connectivity index (χ3n) is 4.30. The van der Waals surface area contributed by atoms with Gasteiger partial charge in [0.1, 0.15) is 5.82 Å². The van der Waals surface area contributed by atoms with E-state index in [9.17, 15) is 9.50 Å². The SMILES string of the molecule is OC[C@@H](NC1CC(c2ccc(F)cc2)C1)c1ccccc1. The predicted octanol–water partition coefficient (Wildman–Crippen LogP) is 3.39. The summed E-state index contributed by atoms with van der Waals surface area (Å²) in [5, 5.41) is 13.1. The van der Waals surface area contributed by atoms with E-state index in [-0.39, 0.29) is 18.5 Å². The van der Waals surface area contributed by atoms with Crippen molar-refractivity contribution >= 4 is 0 Å². The summed E-state index contributed by atoms with van der Waals surface area (Å²) < 4.78 is 12.9. The minimum Gasteiger partial charge on any atom is -0.394 e. The number of aliphatic hydroxyl groups excluding tert-OH is 1. The molecule has 3 heteroatoms. The van der Waals surface area contributed by atoms with E-state index >= 15 is 0 Å². The maximum atomic E-state index is 12.9. The molecule has 1 saturated carbocycles. The van der Waals surface area contributed by atoms with Crippen LogP contribution in [-0.2, 0) is 0 Å². The van der Waals surface area contributed by atoms with Crippen molar-refractivity contribution < 1.29 is 9.50 Å². The van der Waals surface area contributed by atoms with Crippen LogP contribution in [-0.4, -0.2) is 17.8 Å². The summed E-state index contributed by atoms with van der Waals surface area (Å²) in [5.74, 6) is 0.315. The van der Waals surface area contributed by atoms with Gasteiger partial charge >= 0.3 is 0 Å². The van der Waals surface area contributed by atoms with Gasteiger partial charge < -0.3 is 10.4 Å². The number of nitrogens with one attached hydrogen (secondary N) is 1. The number of hydrogen-bond donors (Lipinski definition) is 2. The first-order chi connectivity index (χ1) is 10.3. The Kier molecular flexibility index (Phi) is 4.32. The van der Waals surface area contributed by atoms with E-state index in [1.54, 1.807) is 0 Å². The molecule has 3 rings (SSSR count). The molecule has 1 fully saturated rings. The van der Waals surface area contributed by atoms with Crippen LogP contribution < -0.4 is 5.32 Å². The van der Waals surface area contributed by atoms with Crippen LogP contribution in [0, 0.1) is 5.82 Å². The third kappa shape index (κ3) is 3.31. The molecular formula is C18H20FNO. The maximum absolute atomic E-state index is 12.9. The van der Waals surface area contributed by atoms with Crippen molar-refractivity contribution in [1.82, 2.24) is 5.32 Å². The topological polar surface area (TPSA) is 32.3 Å². The average Bonchev–Trinajstić information content (AvgIpc) is 2.49. The molecule has 0 heterocycles. The van der Waals surface area contributed by atoms with Crippen molar-refractivity contribution in [1.29, 1.82) is 0 Å². The normalized spacial score (nSPS) is 22.6. The minimum absolute atomic E-state index is 0.00892. The highest BCUT2D eigenvalue weighted by atomic mass is 19.1. The van der Waals surface area contributed by atoms with Crippen LogP contribution in [0.3, 0.4) is 0 Å². The van der Waals surface area contributed by atoms with Crippen LogP contribution in [0.2, 0.25) is 0 Å². The van der Waals surface area contributed by atoms with E-state index in [1.165, 1.54) is 17.7 Å². The summed E-state index contributed by atoms with van der Waals surface area (Å²) in [6, 6.07) is 17.2. The fraction of sp³-hybridized carbons (Fsp3) is 0.333. The Balaban J connectivity index is 1.55. The summed E-state index contributed by atoms with van der Waals surface area (Å²) in [4.78, 5) is 0. The Morgan fingerprint density at radius 2 is 1.71 bits per heavy atom. The van der Waals surface area contributed by atoms with Crippen LogP contribution in [0.1, 0.15) is 35.9 Å². The van der Waals surface area contributed by atoms with E-state index in [0.29, 0.717) is 12.0 Å². The Morgan fingerprint density at radius 3 is 2.33 bits per heavy atom. The number of halogens is 1. The fourth-order valence-electron chi connectivity index (χ4n) is 2.99. The van der Waals surface area contributed by atoms with Crippen molar-refractivity contribution in [2.45, 2.75) is 30.8 Å². The van der Waals surface area contributed by atoms with Crippen molar-refractivity contribution in [3.05, 3.63) is 71.5 Å². The number of aliphatic hydroxyl groups is 1. The molecule has 2 N–H and O–H groups in total. The van der Waals surface area contributed by atoms with Crippen molar-refractivity contribution in [2.75, 3.05) is 6.61 Å². The quantitative estimate of drug-likeness (QED) is 0.882. The Morgan fingerprint density at radius 1 is 1.05 bits per heavy atom. The Hall–Kier alpha value is -1.71. The van der Waals surface area contributed by atoms with E-state index in [0.717, 1.165) is 18.4 Å². The minimum atomic E-state index is -0.183. The lowest BCUT2D eigenvalue weighted by molar-refractivity contribution is 0.197. The zero-order chi connectivity index (χ0) is 14.7. The molecule has 0 unspecified atom stereocenters. The van der Waals surface area contributed by atoms with E-state index in [4.69, 9.17) is 0 Å². The van der Waals surface area contributed by atoms with Gasteiger partial charge in [0.15, 0.2) is 0 Å². The van der Waals surface area contributed by atoms with E-state index in [1.807, 2.05) is 42.5 Å². The summed E-state index contributed by atoms with van der Waals surface area (Å²) in [6.45, 7) is 0.0989. The van der Waals surface area contributed by atoms with Crippen molar-refractivity contribution in [3.8, 4) is 0 Å². The van der Waals surface area contributed by atoms with Gasteiger partial charge in [-0.05, 0) is 42.0 Å². The van der Waals surface area contributed by atoms with Gasteiger partial charge in [0.05, 0.1) is 12.6 Å². The third-order valence-corrected chi connectivity index (χ3v) is 4.30. The molecule has 21 heavy (non-hydrogen) atoms. The molecule has 2 nitrogen and oxygen atoms in total. The van der Waals surface area contributed by atoms with Crippen LogP contribution in [0.5, 0.6) is 0 Å². The molecule has 0 saturated heterocycles. The van der Waals surface area contributed by atoms with Gasteiger partial charge in [-0.1, -0.05) is 42.5 Å². The van der Waals surface area contributed by atoms with Crippen LogP contribution in [0.15, 0.2) is 54.6 Å². The van der Waals surface area contributed by atoms with Crippen LogP contribution in [0.25, 0.3) is 0 Å². The molecule has 0 bridgehead atoms. The molecule has 2 aromatic carbocycles. The van der Waals surface area contributed by atoms with Gasteiger partial charge in [-0.15, -0.1) is 0 Å². The molecule has 0 aromatic heterocycles. The predicted molar refractivity (Wildman–Crippen MR) is 81.6 cm³/mol. The second-order valence-corrected chi connectivity index (χ2v) is 5.73. The highest BCUT2D eigenvalue weighted by Crippen LogP contribution is 2.37. The Bertz CT molecular complexity index is 564. The first-order valence-corrected chi connectivity index (χ1v) is 7.43. The lowest BCUT2D eigenvalue weighted by Crippen LogP contribution is -2.43. The molecule has 110 valence electrons. The molecule has 0 amide bonds. The first kappa shape index (κ1) is 14.2. The largest absolute Gasteiger partial charge is 0.394 e. The highest BCUT2D eigenvalue weighted by molar-refractivity contribution is 5.24. The smallest absolute Gasteiger partial charge is 0.123 e. The molecule has 0 radical (unpaired) electrons. The lowest BCUT2D eigenvalue weighted by Gasteiger charge is -2.38. The maximum Gasteiger partial charge on any atom is 0.123 e. The second-order valence-electron chi connectivity index (χ2n) is 5.73. The van der Waals surface area contributed by atoms with E-state index < -0.39 is 0 Å². The first-order valence-electron chi connectivity index (χ1n) is 7.43. The summed E-state index contributed by atoms with van der Waals surface area (Å²) in [7, 11) is 0. The average molecular weight is 285 g/mol. The van der Waals surface area contributed by atoms with Crippen LogP contribution >= 0.6 is 0 Å². The fourth-order valence-corrected chi connectivity index (χ4v) is 2.99. The number of hydrogen-bond acceptors (Lipinski definition) is 2. The molecule has 2 aromatic rings. The molecule has 1 aliphatic carbocycles. The lowest BCUT2D eigenvalue weighted by atomic mass is 9.75. The monoisotopic (exact) mass is 285 g/mol. The van der Waals surface area contributed by atoms with Gasteiger partial charge in [-0.25, -0.2) is 4.39 Å². The van der Waals surface area contributed by atoms with Gasteiger partial charge in [-0.3, -0.25) is 0 Å². The second kappa shape index (κ2) is 6.37. The summed E-state index contributed by atoms with van der Waals surface area (Å²) in [5.41, 5.74) is 2.32. The van der Waals surface area contributed by atoms with Gasteiger partial charge in [0.25, 0.3) is 0 Å².